The van der Waals surface area contributed by atoms with Gasteiger partial charge in [-0.25, -0.2) is 0 Å². The van der Waals surface area contributed by atoms with Gasteiger partial charge in [0.25, 0.3) is 0 Å². The van der Waals surface area contributed by atoms with Crippen LogP contribution in [0.2, 0.25) is 0 Å². The van der Waals surface area contributed by atoms with Crippen LogP contribution >= 0.6 is 22.6 Å². The van der Waals surface area contributed by atoms with Crippen molar-refractivity contribution in [1.82, 2.24) is 0 Å². The largest absolute Gasteiger partial charge is 0.388 e. The van der Waals surface area contributed by atoms with Crippen LogP contribution in [-0.2, 0) is 0 Å². The van der Waals surface area contributed by atoms with Crippen LogP contribution in [0.5, 0.6) is 0 Å². The van der Waals surface area contributed by atoms with E-state index in [2.05, 4.69) is 0 Å². The second kappa shape index (κ2) is 1.71. The Morgan fingerprint density at radius 2 is 1.20 bits per heavy atom. The smallest absolute Gasteiger partial charge is 0.178 e. The fourth-order valence-electron chi connectivity index (χ4n) is 0.347. The minimum absolute atomic E-state index is 1.28. The van der Waals surface area contributed by atoms with Gasteiger partial charge < -0.3 is 0 Å². The number of hydrogen-bond acceptors (Lipinski definition) is 1. The van der Waals surface area contributed by atoms with Crippen molar-refractivity contribution in [3.05, 3.63) is 0 Å². The van der Waals surface area contributed by atoms with E-state index in [4.69, 9.17) is 0 Å². The van der Waals surface area contributed by atoms with Crippen molar-refractivity contribution < 1.29 is 25.3 Å². The lowest BCUT2D eigenvalue weighted by molar-refractivity contribution is 0.106. The number of hydrogen-bond donors (Lipinski definition) is 0. The maximum absolute atomic E-state index is 11.7. The molecule has 0 aromatic rings. The van der Waals surface area contributed by atoms with E-state index >= 15 is 0 Å². The number of thioether (sulfide) groups is 1. The third kappa shape index (κ3) is 0.744. The van der Waals surface area contributed by atoms with E-state index in [0.717, 1.165) is 0 Å². The van der Waals surface area contributed by atoms with Crippen LogP contribution in [0, 0.1) is 0 Å². The summed E-state index contributed by atoms with van der Waals surface area (Å²) in [7, 11) is -6.04. The van der Waals surface area contributed by atoms with E-state index in [1.807, 2.05) is 0 Å². The summed E-state index contributed by atoms with van der Waals surface area (Å²) < 4.78 is 60.6. The first kappa shape index (κ1) is 8.38. The predicted octanol–water partition coefficient (Wildman–Crippen LogP) is 3.41. The van der Waals surface area contributed by atoms with E-state index in [1.54, 1.807) is 0 Å². The lowest BCUT2D eigenvalue weighted by atomic mass is 11.5. The van der Waals surface area contributed by atoms with Gasteiger partial charge in [0.1, 0.15) is 0 Å². The lowest BCUT2D eigenvalue weighted by Crippen LogP contribution is -2.41. The highest BCUT2D eigenvalue weighted by Gasteiger charge is 2.82. The normalized spacial score (nSPS) is 36.2. The SMILES string of the molecule is FC1(F)SC(F)(F)S1(F)F. The molecular formula is C2F6S2. The molecule has 0 nitrogen and oxygen atoms in total. The zero-order chi connectivity index (χ0) is 8.21. The zero-order valence-electron chi connectivity index (χ0n) is 4.08. The highest BCUT2D eigenvalue weighted by molar-refractivity contribution is 8.48. The summed E-state index contributed by atoms with van der Waals surface area (Å²) in [6.07, 6.45) is 0. The monoisotopic (exact) mass is 202 g/mol. The van der Waals surface area contributed by atoms with E-state index in [1.165, 1.54) is 0 Å². The molecular weight excluding hydrogens is 202 g/mol. The van der Waals surface area contributed by atoms with Crippen molar-refractivity contribution in [2.75, 3.05) is 0 Å². The van der Waals surface area contributed by atoms with Gasteiger partial charge in [0, 0.05) is 11.8 Å². The summed E-state index contributed by atoms with van der Waals surface area (Å²) in [5.74, 6) is 0. The van der Waals surface area contributed by atoms with Crippen molar-refractivity contribution in [2.24, 2.45) is 0 Å². The Morgan fingerprint density at radius 1 is 0.900 bits per heavy atom. The van der Waals surface area contributed by atoms with E-state index < -0.39 is 31.7 Å². The molecule has 62 valence electrons. The molecule has 0 radical (unpaired) electrons. The molecule has 0 aromatic carbocycles. The molecule has 0 spiro atoms. The Morgan fingerprint density at radius 3 is 1.20 bits per heavy atom. The zero-order valence-corrected chi connectivity index (χ0v) is 5.72. The first-order chi connectivity index (χ1) is 4.21. The van der Waals surface area contributed by atoms with Crippen LogP contribution < -0.4 is 0 Å². The summed E-state index contributed by atoms with van der Waals surface area (Å²) in [5.41, 5.74) is 0. The molecule has 0 bridgehead atoms. The van der Waals surface area contributed by atoms with Crippen LogP contribution in [0.25, 0.3) is 0 Å². The molecule has 0 aromatic heterocycles. The summed E-state index contributed by atoms with van der Waals surface area (Å²) in [5, 5.41) is 0. The molecule has 0 atom stereocenters. The topological polar surface area (TPSA) is 0 Å². The van der Waals surface area contributed by atoms with Gasteiger partial charge in [-0.3, -0.25) is 0 Å². The minimum atomic E-state index is -6.04. The van der Waals surface area contributed by atoms with Crippen LogP contribution in [0.1, 0.15) is 0 Å². The van der Waals surface area contributed by atoms with Crippen LogP contribution in [-0.4, -0.2) is 9.17 Å². The molecule has 0 N–H and O–H groups in total. The Hall–Kier alpha value is 0.280. The van der Waals surface area contributed by atoms with Crippen molar-refractivity contribution in [3.63, 3.8) is 0 Å². The first-order valence-electron chi connectivity index (χ1n) is 1.88. The third-order valence-corrected chi connectivity index (χ3v) is 4.26. The first-order valence-corrected chi connectivity index (χ1v) is 4.13. The molecule has 10 heavy (non-hydrogen) atoms. The van der Waals surface area contributed by atoms with Crippen LogP contribution in [0.4, 0.5) is 25.3 Å². The Bertz CT molecular complexity index is 147. The van der Waals surface area contributed by atoms with Gasteiger partial charge in [0.2, 0.25) is 10.8 Å². The van der Waals surface area contributed by atoms with E-state index in [9.17, 15) is 25.3 Å². The molecule has 1 fully saturated rings. The number of halogens is 6. The van der Waals surface area contributed by atoms with Gasteiger partial charge in [-0.05, 0) is 0 Å². The molecule has 0 aliphatic carbocycles. The molecule has 0 unspecified atom stereocenters. The molecule has 1 rings (SSSR count). The van der Waals surface area contributed by atoms with Crippen molar-refractivity contribution in [3.8, 4) is 0 Å². The van der Waals surface area contributed by atoms with Crippen LogP contribution in [0.15, 0.2) is 0 Å². The highest BCUT2D eigenvalue weighted by atomic mass is 32.4. The molecule has 8 heteroatoms. The molecule has 0 amide bonds. The summed E-state index contributed by atoms with van der Waals surface area (Å²) in [6, 6.07) is 0. The van der Waals surface area contributed by atoms with Gasteiger partial charge in [0.15, 0.2) is 0 Å². The average Bonchev–Trinajstić information content (AvgIpc) is 1.61. The fourth-order valence-corrected chi connectivity index (χ4v) is 2.43. The molecule has 1 aliphatic heterocycles. The lowest BCUT2D eigenvalue weighted by Gasteiger charge is -2.44. The van der Waals surface area contributed by atoms with Crippen molar-refractivity contribution in [2.45, 2.75) is 9.17 Å². The Balaban J connectivity index is 2.85. The Kier molecular flexibility index (Phi) is 1.43. The predicted molar refractivity (Wildman–Crippen MR) is 27.3 cm³/mol. The third-order valence-electron chi connectivity index (χ3n) is 0.835. The van der Waals surface area contributed by atoms with Crippen molar-refractivity contribution >= 4 is 22.6 Å². The highest BCUT2D eigenvalue weighted by Crippen LogP contribution is 2.90. The molecule has 1 saturated heterocycles. The maximum Gasteiger partial charge on any atom is 0.388 e. The van der Waals surface area contributed by atoms with E-state index in [-0.39, 0.29) is 0 Å². The average molecular weight is 202 g/mol. The number of rotatable bonds is 0. The van der Waals surface area contributed by atoms with Gasteiger partial charge in [-0.15, -0.1) is 7.77 Å². The van der Waals surface area contributed by atoms with Gasteiger partial charge in [-0.1, -0.05) is 0 Å². The van der Waals surface area contributed by atoms with Gasteiger partial charge in [-0.2, -0.15) is 17.6 Å². The van der Waals surface area contributed by atoms with Crippen molar-refractivity contribution in [1.29, 1.82) is 0 Å². The number of alkyl halides is 4. The summed E-state index contributed by atoms with van der Waals surface area (Å²) in [6.45, 7) is 0. The molecule has 1 aliphatic rings. The Labute approximate surface area is 57.9 Å². The van der Waals surface area contributed by atoms with Gasteiger partial charge in [0.05, 0.1) is 0 Å². The van der Waals surface area contributed by atoms with Gasteiger partial charge >= 0.3 is 9.17 Å². The van der Waals surface area contributed by atoms with E-state index in [0.29, 0.717) is 0 Å². The van der Waals surface area contributed by atoms with Crippen LogP contribution in [0.3, 0.4) is 0 Å². The second-order valence-electron chi connectivity index (χ2n) is 1.50. The minimum Gasteiger partial charge on any atom is -0.178 e. The quantitative estimate of drug-likeness (QED) is 0.542. The standard InChI is InChI=1S/C2F6S2/c3-1(4)9-2(5,6)10(1,7)8. The second-order valence-corrected chi connectivity index (χ2v) is 5.21. The molecule has 0 saturated carbocycles. The molecule has 1 heterocycles. The maximum atomic E-state index is 11.7. The summed E-state index contributed by atoms with van der Waals surface area (Å²) >= 11 is -1.28. The fraction of sp³-hybridized carbons (Fsp3) is 1.00. The summed E-state index contributed by atoms with van der Waals surface area (Å²) in [4.78, 5) is 0.